The molecule has 1 aliphatic heterocycles. The Morgan fingerprint density at radius 3 is 2.00 bits per heavy atom. The molecule has 194 valence electrons. The second-order valence-corrected chi connectivity index (χ2v) is 9.61. The lowest BCUT2D eigenvalue weighted by Crippen LogP contribution is -2.56. The quantitative estimate of drug-likeness (QED) is 0.0902. The van der Waals surface area contributed by atoms with Gasteiger partial charge in [0.25, 0.3) is 11.8 Å². The first-order chi connectivity index (χ1) is 19.0. The highest BCUT2D eigenvalue weighted by atomic mass is 32.1. The maximum absolute atomic E-state index is 13.7. The molecule has 0 aliphatic carbocycles. The number of para-hydroxylation sites is 2. The predicted molar refractivity (Wildman–Crippen MR) is 155 cm³/mol. The standard InChI is InChI=1S/C30H22N2O5S2/c1-2-36-25-19-20(15-16-24(25)37-29(35)26-14-9-17-39-26)18-23-27(33)31(21-10-5-3-6-11-21)30(38)32(28(23)34)22-12-7-4-8-13-22/h3-19H,2H2,1H3. The highest BCUT2D eigenvalue weighted by Gasteiger charge is 2.41. The second kappa shape index (κ2) is 11.4. The number of thiocarbonyl (C=S) groups is 1. The van der Waals surface area contributed by atoms with Crippen LogP contribution in [0.4, 0.5) is 11.4 Å². The Labute approximate surface area is 234 Å². The number of carbonyl (C=O) groups excluding carboxylic acids is 3. The monoisotopic (exact) mass is 554 g/mol. The Morgan fingerprint density at radius 2 is 1.46 bits per heavy atom. The van der Waals surface area contributed by atoms with Crippen molar-refractivity contribution < 1.29 is 23.9 Å². The van der Waals surface area contributed by atoms with E-state index in [-0.39, 0.29) is 16.4 Å². The van der Waals surface area contributed by atoms with E-state index in [2.05, 4.69) is 0 Å². The molecule has 0 bridgehead atoms. The van der Waals surface area contributed by atoms with Gasteiger partial charge in [-0.05, 0) is 78.6 Å². The van der Waals surface area contributed by atoms with Crippen molar-refractivity contribution in [3.8, 4) is 11.5 Å². The molecule has 0 radical (unpaired) electrons. The van der Waals surface area contributed by atoms with Gasteiger partial charge in [0.15, 0.2) is 16.6 Å². The summed E-state index contributed by atoms with van der Waals surface area (Å²) >= 11 is 6.92. The summed E-state index contributed by atoms with van der Waals surface area (Å²) in [5.41, 5.74) is 1.51. The zero-order valence-corrected chi connectivity index (χ0v) is 22.4. The van der Waals surface area contributed by atoms with E-state index in [0.29, 0.717) is 34.2 Å². The summed E-state index contributed by atoms with van der Waals surface area (Å²) in [5, 5.41) is 1.85. The third kappa shape index (κ3) is 5.36. The molecule has 7 nitrogen and oxygen atoms in total. The summed E-state index contributed by atoms with van der Waals surface area (Å²) in [6, 6.07) is 26.2. The van der Waals surface area contributed by atoms with Crippen LogP contribution in [0.3, 0.4) is 0 Å². The van der Waals surface area contributed by atoms with Gasteiger partial charge in [0.1, 0.15) is 10.5 Å². The molecule has 1 aliphatic rings. The van der Waals surface area contributed by atoms with Crippen molar-refractivity contribution in [3.63, 3.8) is 0 Å². The molecule has 1 fully saturated rings. The second-order valence-electron chi connectivity index (χ2n) is 8.30. The zero-order chi connectivity index (χ0) is 27.4. The maximum Gasteiger partial charge on any atom is 0.353 e. The summed E-state index contributed by atoms with van der Waals surface area (Å²) in [7, 11) is 0. The number of benzene rings is 3. The first-order valence-electron chi connectivity index (χ1n) is 12.0. The van der Waals surface area contributed by atoms with Gasteiger partial charge in [-0.15, -0.1) is 11.3 Å². The van der Waals surface area contributed by atoms with Gasteiger partial charge in [0.2, 0.25) is 0 Å². The average molecular weight is 555 g/mol. The zero-order valence-electron chi connectivity index (χ0n) is 20.8. The van der Waals surface area contributed by atoms with Crippen LogP contribution in [0.2, 0.25) is 0 Å². The van der Waals surface area contributed by atoms with Crippen molar-refractivity contribution in [2.75, 3.05) is 16.4 Å². The van der Waals surface area contributed by atoms with Crippen molar-refractivity contribution in [1.29, 1.82) is 0 Å². The summed E-state index contributed by atoms with van der Waals surface area (Å²) < 4.78 is 11.3. The summed E-state index contributed by atoms with van der Waals surface area (Å²) in [5.74, 6) is -1.05. The Morgan fingerprint density at radius 1 is 0.846 bits per heavy atom. The van der Waals surface area contributed by atoms with Crippen molar-refractivity contribution in [1.82, 2.24) is 0 Å². The third-order valence-electron chi connectivity index (χ3n) is 5.78. The molecule has 0 unspecified atom stereocenters. The lowest BCUT2D eigenvalue weighted by Gasteiger charge is -2.36. The van der Waals surface area contributed by atoms with E-state index in [1.54, 1.807) is 91.2 Å². The van der Waals surface area contributed by atoms with Crippen LogP contribution in [-0.4, -0.2) is 29.5 Å². The Hall–Kier alpha value is -4.60. The molecule has 4 aromatic rings. The van der Waals surface area contributed by atoms with Gasteiger partial charge in [-0.25, -0.2) is 4.79 Å². The highest BCUT2D eigenvalue weighted by Crippen LogP contribution is 2.33. The molecule has 0 saturated carbocycles. The minimum Gasteiger partial charge on any atom is -0.490 e. The molecule has 2 heterocycles. The highest BCUT2D eigenvalue weighted by molar-refractivity contribution is 7.81. The van der Waals surface area contributed by atoms with Gasteiger partial charge in [-0.3, -0.25) is 19.4 Å². The van der Waals surface area contributed by atoms with E-state index in [1.165, 1.54) is 27.2 Å². The van der Waals surface area contributed by atoms with Crippen LogP contribution in [0.15, 0.2) is 102 Å². The number of esters is 1. The number of ether oxygens (including phenoxy) is 2. The summed E-state index contributed by atoms with van der Waals surface area (Å²) in [6.45, 7) is 2.12. The molecular weight excluding hydrogens is 532 g/mol. The fourth-order valence-corrected chi connectivity index (χ4v) is 4.99. The first kappa shape index (κ1) is 26.0. The summed E-state index contributed by atoms with van der Waals surface area (Å²) in [4.78, 5) is 43.1. The Bertz CT molecular complexity index is 1500. The molecule has 9 heteroatoms. The number of thiophene rings is 1. The molecule has 0 atom stereocenters. The van der Waals surface area contributed by atoms with E-state index in [1.807, 2.05) is 12.1 Å². The maximum atomic E-state index is 13.7. The molecule has 0 N–H and O–H groups in total. The fraction of sp³-hybridized carbons (Fsp3) is 0.0667. The van der Waals surface area contributed by atoms with Crippen LogP contribution in [-0.2, 0) is 9.59 Å². The first-order valence-corrected chi connectivity index (χ1v) is 13.3. The van der Waals surface area contributed by atoms with E-state index in [4.69, 9.17) is 21.7 Å². The lowest BCUT2D eigenvalue weighted by molar-refractivity contribution is -0.120. The van der Waals surface area contributed by atoms with Gasteiger partial charge in [-0.1, -0.05) is 48.5 Å². The van der Waals surface area contributed by atoms with Crippen LogP contribution in [0.1, 0.15) is 22.2 Å². The van der Waals surface area contributed by atoms with Crippen LogP contribution in [0, 0.1) is 0 Å². The van der Waals surface area contributed by atoms with Gasteiger partial charge in [-0.2, -0.15) is 0 Å². The fourth-order valence-electron chi connectivity index (χ4n) is 4.02. The molecule has 0 spiro atoms. The van der Waals surface area contributed by atoms with E-state index < -0.39 is 17.8 Å². The Kier molecular flexibility index (Phi) is 7.62. The number of hydrogen-bond acceptors (Lipinski definition) is 7. The van der Waals surface area contributed by atoms with Gasteiger partial charge >= 0.3 is 5.97 Å². The molecule has 1 saturated heterocycles. The third-order valence-corrected chi connectivity index (χ3v) is 7.00. The SMILES string of the molecule is CCOc1cc(C=C2C(=O)N(c3ccccc3)C(=S)N(c3ccccc3)C2=O)ccc1OC(=O)c1cccs1. The Balaban J connectivity index is 1.55. The number of anilines is 2. The van der Waals surface area contributed by atoms with Crippen LogP contribution in [0.5, 0.6) is 11.5 Å². The summed E-state index contributed by atoms with van der Waals surface area (Å²) in [6.07, 6.45) is 1.49. The van der Waals surface area contributed by atoms with Crippen molar-refractivity contribution in [2.24, 2.45) is 0 Å². The van der Waals surface area contributed by atoms with Crippen LogP contribution < -0.4 is 19.3 Å². The minimum absolute atomic E-state index is 0.0605. The van der Waals surface area contributed by atoms with Crippen molar-refractivity contribution >= 4 is 63.9 Å². The molecule has 2 amide bonds. The van der Waals surface area contributed by atoms with Crippen molar-refractivity contribution in [3.05, 3.63) is 112 Å². The van der Waals surface area contributed by atoms with Crippen LogP contribution >= 0.6 is 23.6 Å². The normalized spacial score (nSPS) is 13.5. The van der Waals surface area contributed by atoms with Gasteiger partial charge < -0.3 is 9.47 Å². The predicted octanol–water partition coefficient (Wildman–Crippen LogP) is 6.11. The molecule has 39 heavy (non-hydrogen) atoms. The molecule has 1 aromatic heterocycles. The minimum atomic E-state index is -0.547. The van der Waals surface area contributed by atoms with Crippen LogP contribution in [0.25, 0.3) is 6.08 Å². The number of amides is 2. The number of nitrogens with zero attached hydrogens (tertiary/aromatic N) is 2. The largest absolute Gasteiger partial charge is 0.490 e. The van der Waals surface area contributed by atoms with Gasteiger partial charge in [0.05, 0.1) is 18.0 Å². The number of rotatable bonds is 7. The number of carbonyl (C=O) groups is 3. The smallest absolute Gasteiger partial charge is 0.353 e. The van der Waals surface area contributed by atoms with E-state index >= 15 is 0 Å². The topological polar surface area (TPSA) is 76.2 Å². The molecule has 3 aromatic carbocycles. The number of hydrogen-bond donors (Lipinski definition) is 0. The molecule has 5 rings (SSSR count). The van der Waals surface area contributed by atoms with E-state index in [0.717, 1.165) is 0 Å². The van der Waals surface area contributed by atoms with E-state index in [9.17, 15) is 14.4 Å². The lowest BCUT2D eigenvalue weighted by atomic mass is 10.0. The molecular formula is C30H22N2O5S2. The van der Waals surface area contributed by atoms with Crippen molar-refractivity contribution in [2.45, 2.75) is 6.92 Å². The van der Waals surface area contributed by atoms with Gasteiger partial charge in [0, 0.05) is 0 Å². The average Bonchev–Trinajstić information content (AvgIpc) is 3.49.